The van der Waals surface area contributed by atoms with Crippen molar-refractivity contribution in [2.45, 2.75) is 32.1 Å². The van der Waals surface area contributed by atoms with Crippen LogP contribution in [0.5, 0.6) is 0 Å². The van der Waals surface area contributed by atoms with Crippen molar-refractivity contribution in [2.24, 2.45) is 5.73 Å². The summed E-state index contributed by atoms with van der Waals surface area (Å²) in [6, 6.07) is 5.74. The molecule has 17 heteroatoms. The van der Waals surface area contributed by atoms with E-state index >= 15 is 0 Å². The Hall–Kier alpha value is -5.61. The van der Waals surface area contributed by atoms with Gasteiger partial charge in [0.15, 0.2) is 11.5 Å². The van der Waals surface area contributed by atoms with Crippen LogP contribution in [0.25, 0.3) is 33.6 Å². The predicted octanol–water partition coefficient (Wildman–Crippen LogP) is 0.911. The van der Waals surface area contributed by atoms with E-state index in [0.717, 1.165) is 16.0 Å². The fraction of sp³-hybridized carbons (Fsp3) is 0.250. The lowest BCUT2D eigenvalue weighted by Gasteiger charge is -2.23. The number of benzene rings is 1. The fourth-order valence-electron chi connectivity index (χ4n) is 4.65. The Morgan fingerprint density at radius 3 is 2.73 bits per heavy atom. The second-order valence-corrected chi connectivity index (χ2v) is 9.23. The Bertz CT molecular complexity index is 1780. The number of fused-ring (bicyclic) bond motifs is 1. The lowest BCUT2D eigenvalue weighted by Crippen LogP contribution is -2.44. The number of rotatable bonds is 7. The maximum atomic E-state index is 14.5. The minimum absolute atomic E-state index is 0.0180. The third kappa shape index (κ3) is 4.83. The number of nitrogens with two attached hydrogens (primary N) is 1. The van der Waals surface area contributed by atoms with Crippen molar-refractivity contribution in [1.29, 1.82) is 0 Å². The van der Waals surface area contributed by atoms with E-state index in [4.69, 9.17) is 14.9 Å². The van der Waals surface area contributed by atoms with Crippen LogP contribution in [-0.4, -0.2) is 81.8 Å². The third-order valence-corrected chi connectivity index (χ3v) is 6.52. The average molecular weight is 561 g/mol. The number of amides is 3. The molecule has 0 saturated carbocycles. The zero-order valence-corrected chi connectivity index (χ0v) is 21.3. The molecule has 16 nitrogen and oxygen atoms in total. The largest absolute Gasteiger partial charge is 0.364 e. The maximum absolute atomic E-state index is 14.5. The number of primary amides is 1. The monoisotopic (exact) mass is 561 g/mol. The summed E-state index contributed by atoms with van der Waals surface area (Å²) in [4.78, 5) is 43.8. The fourth-order valence-corrected chi connectivity index (χ4v) is 4.65. The predicted molar refractivity (Wildman–Crippen MR) is 135 cm³/mol. The van der Waals surface area contributed by atoms with Gasteiger partial charge in [-0.25, -0.2) is 9.02 Å². The molecule has 0 spiro atoms. The second-order valence-electron chi connectivity index (χ2n) is 9.23. The van der Waals surface area contributed by atoms with Crippen LogP contribution in [0.3, 0.4) is 0 Å². The highest BCUT2D eigenvalue weighted by Gasteiger charge is 2.40. The van der Waals surface area contributed by atoms with Gasteiger partial charge in [-0.1, -0.05) is 11.2 Å². The molecule has 5 heterocycles. The first-order valence-electron chi connectivity index (χ1n) is 12.2. The number of hydrogen-bond acceptors (Lipinski definition) is 12. The molecule has 0 aliphatic carbocycles. The molecular formula is C24H20FN11O5. The Labute approximate surface area is 228 Å². The SMILES string of the molecule is Cc1noc(-c2nonc2NC(=O)C2CC(F)CN2C(=O)Cn2nc(C(N)=O)c3cc(-c4ccnnc4)ccc32)n1. The number of anilines is 1. The third-order valence-electron chi connectivity index (χ3n) is 6.52. The summed E-state index contributed by atoms with van der Waals surface area (Å²) in [5, 5.41) is 25.7. The Kier molecular flexibility index (Phi) is 6.37. The normalized spacial score (nSPS) is 16.8. The minimum Gasteiger partial charge on any atom is -0.364 e. The average Bonchev–Trinajstić information content (AvgIpc) is 3.75. The summed E-state index contributed by atoms with van der Waals surface area (Å²) in [5.74, 6) is -1.95. The van der Waals surface area contributed by atoms with Gasteiger partial charge in [0, 0.05) is 17.4 Å². The van der Waals surface area contributed by atoms with Crippen molar-refractivity contribution >= 4 is 34.4 Å². The first kappa shape index (κ1) is 25.7. The van der Waals surface area contributed by atoms with E-state index in [1.165, 1.54) is 10.9 Å². The van der Waals surface area contributed by atoms with E-state index in [0.29, 0.717) is 16.7 Å². The number of hydrogen-bond donors (Lipinski definition) is 2. The summed E-state index contributed by atoms with van der Waals surface area (Å²) in [6.07, 6.45) is 1.40. The number of carbonyl (C=O) groups is 3. The van der Waals surface area contributed by atoms with Crippen molar-refractivity contribution < 1.29 is 27.9 Å². The van der Waals surface area contributed by atoms with Crippen molar-refractivity contribution in [3.8, 4) is 22.7 Å². The van der Waals surface area contributed by atoms with Crippen molar-refractivity contribution in [3.05, 3.63) is 48.2 Å². The van der Waals surface area contributed by atoms with Gasteiger partial charge in [-0.3, -0.25) is 19.1 Å². The standard InChI is InChI=1S/C24H20FN11O5/c1-11-29-24(40-32-11)20-22(34-41-33-20)30-23(39)17-7-14(25)9-35(17)18(37)10-36-16-3-2-12(13-4-5-27-28-8-13)6-15(16)19(31-36)21(26)38/h2-6,8,14,17H,7,9-10H2,1H3,(H2,26,38)(H,30,34,39). The second kappa shape index (κ2) is 10.2. The smallest absolute Gasteiger partial charge is 0.284 e. The lowest BCUT2D eigenvalue weighted by atomic mass is 10.0. The van der Waals surface area contributed by atoms with Crippen LogP contribution in [0.2, 0.25) is 0 Å². The summed E-state index contributed by atoms with van der Waals surface area (Å²) < 4.78 is 25.6. The van der Waals surface area contributed by atoms with Crippen LogP contribution >= 0.6 is 0 Å². The topological polar surface area (TPSA) is 214 Å². The van der Waals surface area contributed by atoms with Gasteiger partial charge in [-0.2, -0.15) is 20.3 Å². The van der Waals surface area contributed by atoms with E-state index in [1.807, 2.05) is 0 Å². The molecule has 41 heavy (non-hydrogen) atoms. The zero-order chi connectivity index (χ0) is 28.7. The summed E-state index contributed by atoms with van der Waals surface area (Å²) in [5.41, 5.74) is 7.43. The van der Waals surface area contributed by atoms with Crippen LogP contribution in [0.4, 0.5) is 10.2 Å². The molecule has 2 atom stereocenters. The number of nitrogens with zero attached hydrogens (tertiary/aromatic N) is 9. The molecule has 0 bridgehead atoms. The molecule has 1 aliphatic rings. The molecule has 3 amide bonds. The quantitative estimate of drug-likeness (QED) is 0.284. The number of likely N-dealkylation sites (tertiary alicyclic amines) is 1. The van der Waals surface area contributed by atoms with E-state index < -0.39 is 29.9 Å². The highest BCUT2D eigenvalue weighted by Crippen LogP contribution is 2.28. The summed E-state index contributed by atoms with van der Waals surface area (Å²) in [6.45, 7) is 0.897. The molecule has 1 aromatic carbocycles. The molecule has 4 aromatic heterocycles. The molecular weight excluding hydrogens is 541 g/mol. The number of nitrogens with one attached hydrogen (secondary N) is 1. The molecule has 1 fully saturated rings. The van der Waals surface area contributed by atoms with Gasteiger partial charge in [-0.05, 0) is 41.0 Å². The Balaban J connectivity index is 1.24. The van der Waals surface area contributed by atoms with Crippen LogP contribution < -0.4 is 11.1 Å². The number of alkyl halides is 1. The zero-order valence-electron chi connectivity index (χ0n) is 21.3. The molecule has 1 aliphatic heterocycles. The maximum Gasteiger partial charge on any atom is 0.284 e. The van der Waals surface area contributed by atoms with Gasteiger partial charge >= 0.3 is 0 Å². The van der Waals surface area contributed by atoms with Crippen LogP contribution in [0.1, 0.15) is 22.7 Å². The van der Waals surface area contributed by atoms with Crippen molar-refractivity contribution in [3.63, 3.8) is 0 Å². The molecule has 2 unspecified atom stereocenters. The number of aryl methyl sites for hydroxylation is 1. The first-order valence-corrected chi connectivity index (χ1v) is 12.2. The molecule has 0 radical (unpaired) electrons. The Morgan fingerprint density at radius 1 is 1.15 bits per heavy atom. The Morgan fingerprint density at radius 2 is 2.00 bits per heavy atom. The highest BCUT2D eigenvalue weighted by molar-refractivity contribution is 6.05. The van der Waals surface area contributed by atoms with Crippen LogP contribution in [0, 0.1) is 6.92 Å². The first-order chi connectivity index (χ1) is 19.8. The van der Waals surface area contributed by atoms with Crippen LogP contribution in [-0.2, 0) is 16.1 Å². The number of carbonyl (C=O) groups excluding carboxylic acids is 3. The van der Waals surface area contributed by atoms with E-state index in [9.17, 15) is 18.8 Å². The van der Waals surface area contributed by atoms with Crippen LogP contribution in [0.15, 0.2) is 45.8 Å². The molecule has 3 N–H and O–H groups in total. The van der Waals surface area contributed by atoms with E-state index in [2.05, 4.69) is 41.1 Å². The highest BCUT2D eigenvalue weighted by atomic mass is 19.1. The summed E-state index contributed by atoms with van der Waals surface area (Å²) >= 11 is 0. The van der Waals surface area contributed by atoms with Gasteiger partial charge in [0.1, 0.15) is 18.8 Å². The van der Waals surface area contributed by atoms with E-state index in [1.54, 1.807) is 37.4 Å². The molecule has 1 saturated heterocycles. The van der Waals surface area contributed by atoms with Crippen molar-refractivity contribution in [2.75, 3.05) is 11.9 Å². The minimum atomic E-state index is -1.45. The number of halogens is 1. The van der Waals surface area contributed by atoms with E-state index in [-0.39, 0.29) is 42.6 Å². The summed E-state index contributed by atoms with van der Waals surface area (Å²) in [7, 11) is 0. The molecule has 5 aromatic rings. The van der Waals surface area contributed by atoms with Gasteiger partial charge < -0.3 is 20.5 Å². The van der Waals surface area contributed by atoms with Gasteiger partial charge in [0.2, 0.25) is 23.3 Å². The number of aromatic nitrogens is 8. The van der Waals surface area contributed by atoms with Crippen molar-refractivity contribution in [1.82, 2.24) is 45.3 Å². The van der Waals surface area contributed by atoms with Gasteiger partial charge in [-0.15, -0.1) is 0 Å². The molecule has 6 rings (SSSR count). The van der Waals surface area contributed by atoms with Gasteiger partial charge in [0.25, 0.3) is 11.8 Å². The van der Waals surface area contributed by atoms with Gasteiger partial charge in [0.05, 0.1) is 24.5 Å². The lowest BCUT2D eigenvalue weighted by molar-refractivity contribution is -0.137. The molecule has 208 valence electrons.